The summed E-state index contributed by atoms with van der Waals surface area (Å²) in [5.74, 6) is 0.963. The predicted molar refractivity (Wildman–Crippen MR) is 102 cm³/mol. The molecule has 4 aliphatic heterocycles. The summed E-state index contributed by atoms with van der Waals surface area (Å²) in [4.78, 5) is 0. The van der Waals surface area contributed by atoms with E-state index in [1.54, 1.807) is 0 Å². The van der Waals surface area contributed by atoms with Crippen molar-refractivity contribution in [2.75, 3.05) is 33.4 Å². The second-order valence-electron chi connectivity index (χ2n) is 7.80. The van der Waals surface area contributed by atoms with Gasteiger partial charge >= 0.3 is 0 Å². The standard InChI is InChI=1S/C22H22O8/c1-2-29-22(14-4-6-17-19(8-14)28-12-26-17)21(23)10-24-20(15(21)9-30-22)13-3-5-16-18(7-13)27-11-25-16/h3-8,15,20,23H,2,9-12H2,1H3. The van der Waals surface area contributed by atoms with Gasteiger partial charge in [-0.05, 0) is 42.8 Å². The van der Waals surface area contributed by atoms with Gasteiger partial charge in [0.1, 0.15) is 0 Å². The van der Waals surface area contributed by atoms with Crippen molar-refractivity contribution in [1.29, 1.82) is 0 Å². The molecule has 0 bridgehead atoms. The molecule has 4 unspecified atom stereocenters. The van der Waals surface area contributed by atoms with Crippen LogP contribution in [0.5, 0.6) is 23.0 Å². The van der Waals surface area contributed by atoms with Crippen LogP contribution in [0, 0.1) is 5.92 Å². The second kappa shape index (κ2) is 6.49. The zero-order valence-corrected chi connectivity index (χ0v) is 16.5. The highest BCUT2D eigenvalue weighted by Crippen LogP contribution is 2.58. The maximum absolute atomic E-state index is 11.9. The highest BCUT2D eigenvalue weighted by atomic mass is 16.7. The molecule has 2 aromatic rings. The van der Waals surface area contributed by atoms with E-state index < -0.39 is 11.4 Å². The van der Waals surface area contributed by atoms with Crippen molar-refractivity contribution >= 4 is 0 Å². The first-order chi connectivity index (χ1) is 14.6. The lowest BCUT2D eigenvalue weighted by molar-refractivity contribution is -0.293. The third-order valence-corrected chi connectivity index (χ3v) is 6.32. The van der Waals surface area contributed by atoms with E-state index >= 15 is 0 Å². The molecule has 8 heteroatoms. The maximum Gasteiger partial charge on any atom is 0.231 e. The highest BCUT2D eigenvalue weighted by Gasteiger charge is 2.69. The molecule has 2 aromatic carbocycles. The summed E-state index contributed by atoms with van der Waals surface area (Å²) < 4.78 is 40.3. The number of fused-ring (bicyclic) bond motifs is 3. The Morgan fingerprint density at radius 2 is 1.67 bits per heavy atom. The fourth-order valence-electron chi connectivity index (χ4n) is 4.89. The minimum Gasteiger partial charge on any atom is -0.454 e. The first-order valence-corrected chi connectivity index (χ1v) is 10.1. The van der Waals surface area contributed by atoms with Crippen molar-refractivity contribution in [1.82, 2.24) is 0 Å². The monoisotopic (exact) mass is 414 g/mol. The van der Waals surface area contributed by atoms with E-state index in [9.17, 15) is 5.11 Å². The number of benzene rings is 2. The van der Waals surface area contributed by atoms with Gasteiger partial charge in [-0.2, -0.15) is 0 Å². The molecule has 2 saturated heterocycles. The summed E-state index contributed by atoms with van der Waals surface area (Å²) in [5, 5.41) is 11.9. The lowest BCUT2D eigenvalue weighted by Crippen LogP contribution is -2.54. The van der Waals surface area contributed by atoms with Gasteiger partial charge < -0.3 is 38.3 Å². The summed E-state index contributed by atoms with van der Waals surface area (Å²) in [6.07, 6.45) is -0.360. The Hall–Kier alpha value is -2.52. The molecule has 0 spiro atoms. The van der Waals surface area contributed by atoms with Crippen LogP contribution < -0.4 is 18.9 Å². The van der Waals surface area contributed by atoms with Crippen LogP contribution in [-0.2, 0) is 20.0 Å². The van der Waals surface area contributed by atoms with Gasteiger partial charge in [0.2, 0.25) is 19.4 Å². The Bertz CT molecular complexity index is 993. The van der Waals surface area contributed by atoms with Crippen molar-refractivity contribution in [3.8, 4) is 23.0 Å². The van der Waals surface area contributed by atoms with Crippen LogP contribution in [0.25, 0.3) is 0 Å². The first kappa shape index (κ1) is 18.3. The molecule has 8 nitrogen and oxygen atoms in total. The molecule has 0 aromatic heterocycles. The number of hydrogen-bond donors (Lipinski definition) is 1. The molecule has 0 aliphatic carbocycles. The molecular weight excluding hydrogens is 392 g/mol. The van der Waals surface area contributed by atoms with Crippen LogP contribution in [0.1, 0.15) is 24.2 Å². The molecule has 2 fully saturated rings. The summed E-state index contributed by atoms with van der Waals surface area (Å²) in [6, 6.07) is 11.2. The van der Waals surface area contributed by atoms with E-state index in [1.165, 1.54) is 0 Å². The first-order valence-electron chi connectivity index (χ1n) is 10.1. The lowest BCUT2D eigenvalue weighted by atomic mass is 9.78. The van der Waals surface area contributed by atoms with Crippen LogP contribution in [0.4, 0.5) is 0 Å². The molecule has 4 aliphatic rings. The van der Waals surface area contributed by atoms with E-state index in [0.29, 0.717) is 35.2 Å². The molecule has 0 amide bonds. The predicted octanol–water partition coefficient (Wildman–Crippen LogP) is 2.48. The second-order valence-corrected chi connectivity index (χ2v) is 7.80. The number of rotatable bonds is 4. The van der Waals surface area contributed by atoms with Gasteiger partial charge in [-0.1, -0.05) is 6.07 Å². The summed E-state index contributed by atoms with van der Waals surface area (Å²) in [7, 11) is 0. The van der Waals surface area contributed by atoms with Gasteiger partial charge in [-0.25, -0.2) is 0 Å². The average molecular weight is 414 g/mol. The summed E-state index contributed by atoms with van der Waals surface area (Å²) in [6.45, 7) is 2.97. The maximum atomic E-state index is 11.9. The Kier molecular flexibility index (Phi) is 3.95. The van der Waals surface area contributed by atoms with E-state index in [2.05, 4.69) is 0 Å². The highest BCUT2D eigenvalue weighted by molar-refractivity contribution is 5.48. The van der Waals surface area contributed by atoms with Crippen LogP contribution >= 0.6 is 0 Å². The van der Waals surface area contributed by atoms with Gasteiger partial charge in [0.15, 0.2) is 28.6 Å². The number of aliphatic hydroxyl groups is 1. The quantitative estimate of drug-likeness (QED) is 0.817. The molecule has 158 valence electrons. The van der Waals surface area contributed by atoms with Gasteiger partial charge in [-0.15, -0.1) is 0 Å². The molecule has 0 radical (unpaired) electrons. The molecule has 0 saturated carbocycles. The summed E-state index contributed by atoms with van der Waals surface area (Å²) in [5.41, 5.74) is 0.202. The van der Waals surface area contributed by atoms with Gasteiger partial charge in [0.25, 0.3) is 0 Å². The lowest BCUT2D eigenvalue weighted by Gasteiger charge is -2.39. The van der Waals surface area contributed by atoms with Crippen LogP contribution in [0.3, 0.4) is 0 Å². The third-order valence-electron chi connectivity index (χ3n) is 6.32. The van der Waals surface area contributed by atoms with Crippen molar-refractivity contribution in [2.45, 2.75) is 24.4 Å². The SMILES string of the molecule is CCOC1(c2ccc3c(c2)OCO3)OCC2C(c3ccc4c(c3)OCO4)OCC21O. The van der Waals surface area contributed by atoms with E-state index in [-0.39, 0.29) is 38.8 Å². The average Bonchev–Trinajstić information content (AvgIpc) is 3.51. The zero-order chi connectivity index (χ0) is 20.3. The Morgan fingerprint density at radius 3 is 2.43 bits per heavy atom. The molecule has 30 heavy (non-hydrogen) atoms. The Balaban J connectivity index is 1.38. The molecule has 6 rings (SSSR count). The Labute approximate surface area is 173 Å². The fourth-order valence-corrected chi connectivity index (χ4v) is 4.89. The van der Waals surface area contributed by atoms with Gasteiger partial charge in [-0.3, -0.25) is 0 Å². The fraction of sp³-hybridized carbons (Fsp3) is 0.455. The van der Waals surface area contributed by atoms with Crippen molar-refractivity contribution in [2.24, 2.45) is 5.92 Å². The van der Waals surface area contributed by atoms with Crippen LogP contribution in [-0.4, -0.2) is 44.1 Å². The zero-order valence-electron chi connectivity index (χ0n) is 16.5. The van der Waals surface area contributed by atoms with E-state index in [4.69, 9.17) is 33.2 Å². The largest absolute Gasteiger partial charge is 0.454 e. The summed E-state index contributed by atoms with van der Waals surface area (Å²) >= 11 is 0. The third kappa shape index (κ3) is 2.36. The van der Waals surface area contributed by atoms with E-state index in [0.717, 1.165) is 5.56 Å². The Morgan fingerprint density at radius 1 is 0.967 bits per heavy atom. The number of hydrogen-bond acceptors (Lipinski definition) is 8. The molecule has 4 heterocycles. The van der Waals surface area contributed by atoms with Gasteiger partial charge in [0, 0.05) is 18.1 Å². The van der Waals surface area contributed by atoms with E-state index in [1.807, 2.05) is 43.3 Å². The topological polar surface area (TPSA) is 84.8 Å². The molecule has 4 atom stereocenters. The van der Waals surface area contributed by atoms with Crippen LogP contribution in [0.15, 0.2) is 36.4 Å². The number of ether oxygens (including phenoxy) is 7. The normalized spacial score (nSPS) is 33.1. The minimum atomic E-state index is -1.38. The smallest absolute Gasteiger partial charge is 0.231 e. The molecular formula is C22H22O8. The van der Waals surface area contributed by atoms with Crippen molar-refractivity contribution in [3.05, 3.63) is 47.5 Å². The van der Waals surface area contributed by atoms with Gasteiger partial charge in [0.05, 0.1) is 19.3 Å². The molecule has 1 N–H and O–H groups in total. The van der Waals surface area contributed by atoms with Crippen molar-refractivity contribution in [3.63, 3.8) is 0 Å². The van der Waals surface area contributed by atoms with Crippen LogP contribution in [0.2, 0.25) is 0 Å². The minimum absolute atomic E-state index is 0.0746. The van der Waals surface area contributed by atoms with Crippen molar-refractivity contribution < 1.29 is 38.3 Å².